The van der Waals surface area contributed by atoms with Crippen LogP contribution in [0.25, 0.3) is 0 Å². The SMILES string of the molecule is F[Si](O[Si](O[Si](F)(c1ccccc1)c1ccccc1)(c1ccccc1)c1ccccc1)(c1ccccc1)c1ccccc1. The fourth-order valence-electron chi connectivity index (χ4n) is 5.31. The van der Waals surface area contributed by atoms with Gasteiger partial charge in [0.1, 0.15) is 0 Å². The van der Waals surface area contributed by atoms with Crippen LogP contribution in [0.3, 0.4) is 0 Å². The van der Waals surface area contributed by atoms with Crippen LogP contribution in [-0.4, -0.2) is 25.9 Å². The Hall–Kier alpha value is -4.25. The Morgan fingerprint density at radius 2 is 0.465 bits per heavy atom. The molecule has 0 spiro atoms. The van der Waals surface area contributed by atoms with Crippen molar-refractivity contribution in [1.29, 1.82) is 0 Å². The van der Waals surface area contributed by atoms with E-state index in [-0.39, 0.29) is 0 Å². The molecular formula is C36H30F2O2Si3. The summed E-state index contributed by atoms with van der Waals surface area (Å²) >= 11 is 0. The van der Waals surface area contributed by atoms with E-state index in [0.29, 0.717) is 31.1 Å². The first-order valence-electron chi connectivity index (χ1n) is 14.2. The lowest BCUT2D eigenvalue weighted by atomic mass is 10.4. The van der Waals surface area contributed by atoms with Gasteiger partial charge in [-0.05, 0) is 10.4 Å². The van der Waals surface area contributed by atoms with E-state index >= 15 is 8.22 Å². The van der Waals surface area contributed by atoms with Gasteiger partial charge in [-0.25, -0.2) is 0 Å². The average molecular weight is 617 g/mol. The molecule has 0 saturated heterocycles. The normalized spacial score (nSPS) is 12.1. The summed E-state index contributed by atoms with van der Waals surface area (Å²) in [5.74, 6) is 0. The number of hydrogen-bond acceptors (Lipinski definition) is 2. The van der Waals surface area contributed by atoms with Crippen LogP contribution in [0, 0.1) is 0 Å². The molecule has 43 heavy (non-hydrogen) atoms. The highest BCUT2D eigenvalue weighted by atomic mass is 28.5. The predicted molar refractivity (Wildman–Crippen MR) is 178 cm³/mol. The van der Waals surface area contributed by atoms with Crippen LogP contribution in [0.1, 0.15) is 0 Å². The zero-order chi connectivity index (χ0) is 29.6. The van der Waals surface area contributed by atoms with Gasteiger partial charge in [0, 0.05) is 20.7 Å². The lowest BCUT2D eigenvalue weighted by Crippen LogP contribution is -2.77. The maximum atomic E-state index is 18.3. The van der Waals surface area contributed by atoms with Crippen molar-refractivity contribution in [1.82, 2.24) is 0 Å². The summed E-state index contributed by atoms with van der Waals surface area (Å²) in [6.45, 7) is 0. The molecule has 6 rings (SSSR count). The third-order valence-electron chi connectivity index (χ3n) is 7.46. The van der Waals surface area contributed by atoms with Gasteiger partial charge in [0.2, 0.25) is 0 Å². The highest BCUT2D eigenvalue weighted by Gasteiger charge is 2.59. The van der Waals surface area contributed by atoms with Crippen LogP contribution in [0.5, 0.6) is 0 Å². The van der Waals surface area contributed by atoms with Crippen LogP contribution < -0.4 is 31.1 Å². The van der Waals surface area contributed by atoms with Crippen molar-refractivity contribution in [2.24, 2.45) is 0 Å². The van der Waals surface area contributed by atoms with Crippen LogP contribution >= 0.6 is 0 Å². The van der Waals surface area contributed by atoms with Crippen molar-refractivity contribution >= 4 is 57.0 Å². The number of hydrogen-bond donors (Lipinski definition) is 0. The largest absolute Gasteiger partial charge is 0.440 e. The first-order chi connectivity index (χ1) is 21.0. The fraction of sp³-hybridized carbons (Fsp3) is 0. The zero-order valence-electron chi connectivity index (χ0n) is 23.4. The molecule has 6 aromatic rings. The van der Waals surface area contributed by atoms with Gasteiger partial charge in [-0.15, -0.1) is 0 Å². The Kier molecular flexibility index (Phi) is 8.42. The van der Waals surface area contributed by atoms with Gasteiger partial charge in [-0.2, -0.15) is 0 Å². The highest BCUT2D eigenvalue weighted by Crippen LogP contribution is 2.24. The van der Waals surface area contributed by atoms with E-state index in [2.05, 4.69) is 0 Å². The molecule has 0 radical (unpaired) electrons. The highest BCUT2D eigenvalue weighted by molar-refractivity contribution is 7.09. The average Bonchev–Trinajstić information content (AvgIpc) is 3.10. The molecule has 0 aromatic heterocycles. The molecule has 0 unspecified atom stereocenters. The van der Waals surface area contributed by atoms with E-state index in [1.807, 2.05) is 84.9 Å². The minimum atomic E-state index is -4.51. The summed E-state index contributed by atoms with van der Waals surface area (Å²) in [5.41, 5.74) is 0. The third kappa shape index (κ3) is 5.73. The van der Waals surface area contributed by atoms with Gasteiger partial charge < -0.3 is 8.23 Å². The fourth-order valence-corrected chi connectivity index (χ4v) is 17.5. The van der Waals surface area contributed by atoms with Gasteiger partial charge >= 0.3 is 25.9 Å². The van der Waals surface area contributed by atoms with E-state index in [1.165, 1.54) is 0 Å². The smallest absolute Gasteiger partial charge is 0.398 e. The molecule has 0 N–H and O–H groups in total. The van der Waals surface area contributed by atoms with Crippen molar-refractivity contribution in [3.8, 4) is 0 Å². The lowest BCUT2D eigenvalue weighted by Gasteiger charge is -2.41. The maximum Gasteiger partial charge on any atom is 0.440 e. The molecule has 2 nitrogen and oxygen atoms in total. The first-order valence-corrected chi connectivity index (χ1v) is 19.5. The second kappa shape index (κ2) is 12.5. The van der Waals surface area contributed by atoms with Gasteiger partial charge in [0.15, 0.2) is 0 Å². The number of halogens is 2. The molecule has 0 heterocycles. The number of benzene rings is 6. The standard InChI is InChI=1S/C36H30F2O2Si3/c37-41(31-19-7-1-8-20-31,32-21-9-2-10-22-32)39-43(35-27-15-5-16-28-35,36-29-17-6-18-30-36)40-42(38,33-23-11-3-12-24-33)34-25-13-4-14-26-34/h1-30H. The first kappa shape index (κ1) is 28.9. The van der Waals surface area contributed by atoms with Crippen molar-refractivity contribution in [3.63, 3.8) is 0 Å². The minimum Gasteiger partial charge on any atom is -0.398 e. The molecule has 0 fully saturated rings. The molecule has 0 aliphatic heterocycles. The Bertz CT molecular complexity index is 1520. The molecule has 0 aliphatic carbocycles. The van der Waals surface area contributed by atoms with Crippen LogP contribution in [0.15, 0.2) is 182 Å². The van der Waals surface area contributed by atoms with Gasteiger partial charge in [0.25, 0.3) is 0 Å². The summed E-state index contributed by atoms with van der Waals surface area (Å²) in [4.78, 5) is 0. The van der Waals surface area contributed by atoms with Gasteiger partial charge in [-0.3, -0.25) is 8.22 Å². The summed E-state index contributed by atoms with van der Waals surface area (Å²) in [7, 11) is -13.2. The van der Waals surface area contributed by atoms with E-state index in [0.717, 1.165) is 0 Å². The maximum absolute atomic E-state index is 18.3. The second-order valence-corrected chi connectivity index (χ2v) is 18.9. The van der Waals surface area contributed by atoms with Crippen LogP contribution in [0.4, 0.5) is 8.22 Å². The Morgan fingerprint density at radius 3 is 0.674 bits per heavy atom. The topological polar surface area (TPSA) is 18.5 Å². The third-order valence-corrected chi connectivity index (χ3v) is 18.5. The molecule has 0 atom stereocenters. The van der Waals surface area contributed by atoms with E-state index < -0.39 is 25.9 Å². The molecule has 0 aliphatic rings. The van der Waals surface area contributed by atoms with Crippen molar-refractivity contribution < 1.29 is 16.4 Å². The molecule has 7 heteroatoms. The van der Waals surface area contributed by atoms with Crippen molar-refractivity contribution in [3.05, 3.63) is 182 Å². The quantitative estimate of drug-likeness (QED) is 0.164. The molecule has 0 amide bonds. The summed E-state index contributed by atoms with van der Waals surface area (Å²) in [6.07, 6.45) is 0. The number of rotatable bonds is 10. The van der Waals surface area contributed by atoms with Crippen molar-refractivity contribution in [2.45, 2.75) is 0 Å². The summed E-state index contributed by atoms with van der Waals surface area (Å²) in [5, 5.41) is 2.98. The molecular weight excluding hydrogens is 587 g/mol. The minimum absolute atomic E-state index is 0.430. The van der Waals surface area contributed by atoms with Gasteiger partial charge in [-0.1, -0.05) is 182 Å². The lowest BCUT2D eigenvalue weighted by molar-refractivity contribution is 0.372. The summed E-state index contributed by atoms with van der Waals surface area (Å²) < 4.78 is 50.7. The van der Waals surface area contributed by atoms with E-state index in [4.69, 9.17) is 8.23 Å². The van der Waals surface area contributed by atoms with E-state index in [9.17, 15) is 0 Å². The Morgan fingerprint density at radius 1 is 0.279 bits per heavy atom. The Balaban J connectivity index is 1.66. The van der Waals surface area contributed by atoms with Crippen LogP contribution in [-0.2, 0) is 8.23 Å². The summed E-state index contributed by atoms with van der Waals surface area (Å²) in [6, 6.07) is 54.6. The molecule has 6 aromatic carbocycles. The second-order valence-electron chi connectivity index (χ2n) is 10.2. The zero-order valence-corrected chi connectivity index (χ0v) is 26.4. The molecule has 0 bridgehead atoms. The van der Waals surface area contributed by atoms with E-state index in [1.54, 1.807) is 97.1 Å². The Labute approximate surface area is 254 Å². The molecule has 0 saturated carbocycles. The van der Waals surface area contributed by atoms with Crippen molar-refractivity contribution in [2.75, 3.05) is 0 Å². The van der Waals surface area contributed by atoms with Gasteiger partial charge in [0.05, 0.1) is 0 Å². The predicted octanol–water partition coefficient (Wildman–Crippen LogP) is 4.73. The monoisotopic (exact) mass is 616 g/mol. The van der Waals surface area contributed by atoms with Crippen LogP contribution in [0.2, 0.25) is 0 Å². The molecule has 212 valence electrons.